The molecule has 5 nitrogen and oxygen atoms in total. The molecule has 5 heteroatoms. The molecule has 0 unspecified atom stereocenters. The minimum absolute atomic E-state index is 0.0731. The van der Waals surface area contributed by atoms with Crippen molar-refractivity contribution in [1.82, 2.24) is 0 Å². The number of methoxy groups -OCH3 is 2. The Morgan fingerprint density at radius 3 is 2.61 bits per heavy atom. The summed E-state index contributed by atoms with van der Waals surface area (Å²) >= 11 is 0. The molecule has 0 aliphatic carbocycles. The molecular formula is C18H18O5. The van der Waals surface area contributed by atoms with Crippen LogP contribution >= 0.6 is 0 Å². The maximum Gasteiger partial charge on any atom is 0.173 e. The molecule has 1 atom stereocenters. The summed E-state index contributed by atoms with van der Waals surface area (Å²) in [5.41, 5.74) is 1.79. The highest BCUT2D eigenvalue weighted by Crippen LogP contribution is 2.47. The maximum absolute atomic E-state index is 12.6. The molecule has 1 heterocycles. The van der Waals surface area contributed by atoms with E-state index in [-0.39, 0.29) is 18.0 Å². The molecule has 1 aliphatic rings. The minimum atomic E-state index is -0.544. The number of ketones is 1. The van der Waals surface area contributed by atoms with Crippen LogP contribution in [0.15, 0.2) is 30.3 Å². The highest BCUT2D eigenvalue weighted by atomic mass is 16.5. The highest BCUT2D eigenvalue weighted by Gasteiger charge is 2.33. The molecule has 1 N–H and O–H groups in total. The van der Waals surface area contributed by atoms with Crippen molar-refractivity contribution < 1.29 is 24.1 Å². The number of hydrogen-bond donors (Lipinski definition) is 1. The van der Waals surface area contributed by atoms with Gasteiger partial charge in [-0.15, -0.1) is 0 Å². The highest BCUT2D eigenvalue weighted by molar-refractivity contribution is 6.01. The van der Waals surface area contributed by atoms with Crippen molar-refractivity contribution in [2.75, 3.05) is 14.2 Å². The number of phenolic OH excluding ortho intramolecular Hbond substituents is 1. The SMILES string of the molecule is COc1cc2c(c(OC)c1C)O[C@H](c1ccccc1O)CC2=O. The second kappa shape index (κ2) is 5.83. The van der Waals surface area contributed by atoms with E-state index >= 15 is 0 Å². The van der Waals surface area contributed by atoms with Crippen LogP contribution in [0.2, 0.25) is 0 Å². The molecule has 0 fully saturated rings. The molecule has 2 aromatic carbocycles. The van der Waals surface area contributed by atoms with E-state index in [1.54, 1.807) is 37.4 Å². The number of rotatable bonds is 3. The zero-order chi connectivity index (χ0) is 16.6. The van der Waals surface area contributed by atoms with Crippen molar-refractivity contribution in [2.45, 2.75) is 19.4 Å². The van der Waals surface area contributed by atoms with Crippen molar-refractivity contribution in [1.29, 1.82) is 0 Å². The number of aromatic hydroxyl groups is 1. The first kappa shape index (κ1) is 15.2. The summed E-state index contributed by atoms with van der Waals surface area (Å²) < 4.78 is 16.7. The Kier molecular flexibility index (Phi) is 3.86. The topological polar surface area (TPSA) is 65.0 Å². The molecule has 23 heavy (non-hydrogen) atoms. The number of para-hydroxylation sites is 1. The molecule has 2 aromatic rings. The van der Waals surface area contributed by atoms with Crippen LogP contribution in [-0.4, -0.2) is 25.1 Å². The van der Waals surface area contributed by atoms with E-state index in [1.807, 2.05) is 6.92 Å². The van der Waals surface area contributed by atoms with E-state index in [2.05, 4.69) is 0 Å². The van der Waals surface area contributed by atoms with Gasteiger partial charge in [-0.25, -0.2) is 0 Å². The van der Waals surface area contributed by atoms with Crippen LogP contribution in [0.3, 0.4) is 0 Å². The molecule has 0 radical (unpaired) electrons. The predicted molar refractivity (Wildman–Crippen MR) is 84.7 cm³/mol. The summed E-state index contributed by atoms with van der Waals surface area (Å²) in [4.78, 5) is 12.6. The van der Waals surface area contributed by atoms with Crippen molar-refractivity contribution in [2.24, 2.45) is 0 Å². The van der Waals surface area contributed by atoms with E-state index in [0.29, 0.717) is 28.4 Å². The van der Waals surface area contributed by atoms with E-state index in [4.69, 9.17) is 14.2 Å². The third-order valence-corrected chi connectivity index (χ3v) is 4.08. The number of benzene rings is 2. The molecule has 0 bridgehead atoms. The number of ether oxygens (including phenoxy) is 3. The van der Waals surface area contributed by atoms with Crippen LogP contribution in [0.25, 0.3) is 0 Å². The van der Waals surface area contributed by atoms with Gasteiger partial charge in [0.05, 0.1) is 26.2 Å². The first-order valence-electron chi connectivity index (χ1n) is 7.30. The van der Waals surface area contributed by atoms with Gasteiger partial charge >= 0.3 is 0 Å². The van der Waals surface area contributed by atoms with Crippen molar-refractivity contribution >= 4 is 5.78 Å². The lowest BCUT2D eigenvalue weighted by atomic mass is 9.94. The lowest BCUT2D eigenvalue weighted by Gasteiger charge is -2.28. The van der Waals surface area contributed by atoms with Crippen LogP contribution in [0.4, 0.5) is 0 Å². The minimum Gasteiger partial charge on any atom is -0.508 e. The zero-order valence-electron chi connectivity index (χ0n) is 13.3. The fourth-order valence-corrected chi connectivity index (χ4v) is 2.89. The molecular weight excluding hydrogens is 296 g/mol. The standard InChI is InChI=1S/C18H18O5/c1-10-15(21-2)8-12-14(20)9-16(23-18(12)17(10)22-3)11-6-4-5-7-13(11)19/h4-8,16,19H,9H2,1-3H3/t16-/m0/s1. The fraction of sp³-hybridized carbons (Fsp3) is 0.278. The summed E-state index contributed by atoms with van der Waals surface area (Å²) in [5, 5.41) is 10.0. The van der Waals surface area contributed by atoms with Gasteiger partial charge in [0.2, 0.25) is 0 Å². The molecule has 120 valence electrons. The van der Waals surface area contributed by atoms with Gasteiger partial charge in [0.15, 0.2) is 17.3 Å². The zero-order valence-corrected chi connectivity index (χ0v) is 13.3. The number of carbonyl (C=O) groups is 1. The monoisotopic (exact) mass is 314 g/mol. The lowest BCUT2D eigenvalue weighted by Crippen LogP contribution is -2.21. The fourth-order valence-electron chi connectivity index (χ4n) is 2.89. The first-order chi connectivity index (χ1) is 11.1. The summed E-state index contributed by atoms with van der Waals surface area (Å²) in [5.74, 6) is 1.50. The number of carbonyl (C=O) groups excluding carboxylic acids is 1. The summed E-state index contributed by atoms with van der Waals surface area (Å²) in [7, 11) is 3.08. The smallest absolute Gasteiger partial charge is 0.173 e. The van der Waals surface area contributed by atoms with Gasteiger partial charge in [-0.3, -0.25) is 4.79 Å². The van der Waals surface area contributed by atoms with Gasteiger partial charge in [-0.2, -0.15) is 0 Å². The number of fused-ring (bicyclic) bond motifs is 1. The molecule has 0 spiro atoms. The van der Waals surface area contributed by atoms with Crippen LogP contribution in [0.5, 0.6) is 23.0 Å². The third kappa shape index (κ3) is 2.48. The van der Waals surface area contributed by atoms with Gasteiger partial charge in [0, 0.05) is 11.1 Å². The second-order valence-corrected chi connectivity index (χ2v) is 5.41. The van der Waals surface area contributed by atoms with Crippen molar-refractivity contribution in [3.05, 3.63) is 47.0 Å². The summed E-state index contributed by atoms with van der Waals surface area (Å²) in [6.45, 7) is 1.84. The maximum atomic E-state index is 12.6. The second-order valence-electron chi connectivity index (χ2n) is 5.41. The molecule has 0 aromatic heterocycles. The Bertz CT molecular complexity index is 766. The first-order valence-corrected chi connectivity index (χ1v) is 7.30. The van der Waals surface area contributed by atoms with Crippen LogP contribution in [0, 0.1) is 6.92 Å². The lowest BCUT2D eigenvalue weighted by molar-refractivity contribution is 0.0838. The number of phenols is 1. The van der Waals surface area contributed by atoms with Crippen molar-refractivity contribution in [3.63, 3.8) is 0 Å². The van der Waals surface area contributed by atoms with E-state index in [9.17, 15) is 9.90 Å². The number of hydrogen-bond acceptors (Lipinski definition) is 5. The van der Waals surface area contributed by atoms with Gasteiger partial charge in [-0.1, -0.05) is 18.2 Å². The quantitative estimate of drug-likeness (QED) is 0.940. The predicted octanol–water partition coefficient (Wildman–Crippen LogP) is 3.42. The van der Waals surface area contributed by atoms with Gasteiger partial charge in [-0.05, 0) is 19.1 Å². The van der Waals surface area contributed by atoms with E-state index < -0.39 is 6.10 Å². The molecule has 0 saturated carbocycles. The molecule has 0 amide bonds. The Hall–Kier alpha value is -2.69. The summed E-state index contributed by atoms with van der Waals surface area (Å²) in [6, 6.07) is 8.54. The normalized spacial score (nSPS) is 16.5. The number of Topliss-reactive ketones (excluding diaryl/α,β-unsaturated/α-hetero) is 1. The average molecular weight is 314 g/mol. The third-order valence-electron chi connectivity index (χ3n) is 4.08. The van der Waals surface area contributed by atoms with E-state index in [1.165, 1.54) is 7.11 Å². The Balaban J connectivity index is 2.11. The van der Waals surface area contributed by atoms with Gasteiger partial charge in [0.1, 0.15) is 17.6 Å². The molecule has 1 aliphatic heterocycles. The van der Waals surface area contributed by atoms with Crippen LogP contribution in [0.1, 0.15) is 34.0 Å². The molecule has 3 rings (SSSR count). The van der Waals surface area contributed by atoms with E-state index in [0.717, 1.165) is 5.56 Å². The van der Waals surface area contributed by atoms with Gasteiger partial charge in [0.25, 0.3) is 0 Å². The van der Waals surface area contributed by atoms with Crippen molar-refractivity contribution in [3.8, 4) is 23.0 Å². The van der Waals surface area contributed by atoms with Crippen LogP contribution < -0.4 is 14.2 Å². The Morgan fingerprint density at radius 1 is 1.22 bits per heavy atom. The Morgan fingerprint density at radius 2 is 1.96 bits per heavy atom. The van der Waals surface area contributed by atoms with Crippen LogP contribution in [-0.2, 0) is 0 Å². The Labute approximate surface area is 134 Å². The van der Waals surface area contributed by atoms with Gasteiger partial charge < -0.3 is 19.3 Å². The summed E-state index contributed by atoms with van der Waals surface area (Å²) in [6.07, 6.45) is -0.391. The molecule has 0 saturated heterocycles. The largest absolute Gasteiger partial charge is 0.508 e. The average Bonchev–Trinajstić information content (AvgIpc) is 2.55.